The van der Waals surface area contributed by atoms with Gasteiger partial charge in [0, 0.05) is 23.0 Å². The van der Waals surface area contributed by atoms with Gasteiger partial charge >= 0.3 is 0 Å². The Balaban J connectivity index is 1.77. The molecule has 0 spiro atoms. The second-order valence-corrected chi connectivity index (χ2v) is 7.72. The van der Waals surface area contributed by atoms with Gasteiger partial charge in [-0.25, -0.2) is 9.97 Å². The molecule has 1 aliphatic rings. The van der Waals surface area contributed by atoms with Gasteiger partial charge in [-0.1, -0.05) is 0 Å². The molecule has 3 heterocycles. The van der Waals surface area contributed by atoms with E-state index in [1.807, 2.05) is 30.3 Å². The fourth-order valence-corrected chi connectivity index (χ4v) is 4.49. The lowest BCUT2D eigenvalue weighted by Gasteiger charge is -2.34. The molecule has 1 fully saturated rings. The fourth-order valence-electron chi connectivity index (χ4n) is 2.87. The van der Waals surface area contributed by atoms with Crippen LogP contribution >= 0.6 is 22.7 Å². The molecule has 2 aromatic heterocycles. The van der Waals surface area contributed by atoms with Gasteiger partial charge in [-0.15, -0.1) is 22.7 Å². The van der Waals surface area contributed by atoms with Crippen molar-refractivity contribution in [1.29, 1.82) is 0 Å². The highest BCUT2D eigenvalue weighted by molar-refractivity contribution is 7.11. The van der Waals surface area contributed by atoms with E-state index in [1.54, 1.807) is 22.7 Å². The molecular weight excluding hydrogens is 302 g/mol. The fraction of sp³-hybridized carbons (Fsp3) is 0.533. The quantitative estimate of drug-likeness (QED) is 0.869. The van der Waals surface area contributed by atoms with Gasteiger partial charge in [-0.3, -0.25) is 4.79 Å². The predicted octanol–water partition coefficient (Wildman–Crippen LogP) is 3.51. The molecule has 1 aliphatic heterocycles. The molecule has 3 rings (SSSR count). The smallest absolute Gasteiger partial charge is 0.229 e. The molecule has 21 heavy (non-hydrogen) atoms. The first-order valence-corrected chi connectivity index (χ1v) is 8.96. The van der Waals surface area contributed by atoms with E-state index >= 15 is 0 Å². The van der Waals surface area contributed by atoms with Crippen molar-refractivity contribution in [3.63, 3.8) is 0 Å². The molecule has 6 heteroatoms. The number of carbonyl (C=O) groups excluding carboxylic acids is 1. The Morgan fingerprint density at radius 2 is 2.29 bits per heavy atom. The number of piperidine rings is 1. The van der Waals surface area contributed by atoms with E-state index in [2.05, 4.69) is 9.97 Å². The second kappa shape index (κ2) is 6.23. The summed E-state index contributed by atoms with van der Waals surface area (Å²) >= 11 is 3.31. The maximum absolute atomic E-state index is 12.7. The second-order valence-electron chi connectivity index (χ2n) is 5.38. The minimum absolute atomic E-state index is 0.159. The van der Waals surface area contributed by atoms with Crippen LogP contribution in [0.15, 0.2) is 11.6 Å². The summed E-state index contributed by atoms with van der Waals surface area (Å²) in [4.78, 5) is 24.8. The van der Waals surface area contributed by atoms with Gasteiger partial charge in [0.25, 0.3) is 0 Å². The summed E-state index contributed by atoms with van der Waals surface area (Å²) in [6.07, 6.45) is 5.52. The molecule has 0 bridgehead atoms. The monoisotopic (exact) mass is 321 g/mol. The van der Waals surface area contributed by atoms with Crippen molar-refractivity contribution < 1.29 is 4.79 Å². The first-order valence-electron chi connectivity index (χ1n) is 7.27. The molecular formula is C15H19N3OS2. The number of hydrogen-bond acceptors (Lipinski definition) is 5. The molecule has 0 aromatic carbocycles. The number of likely N-dealkylation sites (tertiary alicyclic amines) is 1. The third-order valence-corrected chi connectivity index (χ3v) is 5.68. The zero-order valence-electron chi connectivity index (χ0n) is 12.3. The molecule has 112 valence electrons. The van der Waals surface area contributed by atoms with Crippen molar-refractivity contribution in [2.24, 2.45) is 0 Å². The standard InChI is InChI=1S/C15H19N3OS2/c1-10-12(17-11(2)21-10)9-14(19)18-7-4-3-5-13(18)15-16-6-8-20-15/h6,8,13H,3-5,7,9H2,1-2H3/t13-/m0/s1. The summed E-state index contributed by atoms with van der Waals surface area (Å²) in [5.74, 6) is 0.184. The van der Waals surface area contributed by atoms with Crippen LogP contribution in [0.4, 0.5) is 0 Å². The SMILES string of the molecule is Cc1nc(CC(=O)N2CCCC[C@H]2c2nccs2)c(C)s1. The molecule has 0 radical (unpaired) electrons. The van der Waals surface area contributed by atoms with E-state index in [0.717, 1.165) is 40.0 Å². The Bertz CT molecular complexity index is 621. The Kier molecular flexibility index (Phi) is 4.35. The highest BCUT2D eigenvalue weighted by Crippen LogP contribution is 2.32. The zero-order valence-corrected chi connectivity index (χ0v) is 14.0. The number of nitrogens with zero attached hydrogens (tertiary/aromatic N) is 3. The molecule has 0 N–H and O–H groups in total. The van der Waals surface area contributed by atoms with Crippen molar-refractivity contribution in [1.82, 2.24) is 14.9 Å². The number of thiazole rings is 2. The summed E-state index contributed by atoms with van der Waals surface area (Å²) in [5.41, 5.74) is 0.936. The van der Waals surface area contributed by atoms with Gasteiger partial charge in [0.1, 0.15) is 5.01 Å². The highest BCUT2D eigenvalue weighted by atomic mass is 32.1. The van der Waals surface area contributed by atoms with Crippen LogP contribution in [0.2, 0.25) is 0 Å². The molecule has 0 unspecified atom stereocenters. The van der Waals surface area contributed by atoms with Gasteiger partial charge in [0.2, 0.25) is 5.91 Å². The molecule has 4 nitrogen and oxygen atoms in total. The average Bonchev–Trinajstić information content (AvgIpc) is 3.09. The maximum atomic E-state index is 12.7. The number of carbonyl (C=O) groups is 1. The third-order valence-electron chi connectivity index (χ3n) is 3.88. The summed E-state index contributed by atoms with van der Waals surface area (Å²) in [7, 11) is 0. The van der Waals surface area contributed by atoms with Crippen LogP contribution in [0.25, 0.3) is 0 Å². The lowest BCUT2D eigenvalue weighted by molar-refractivity contribution is -0.134. The van der Waals surface area contributed by atoms with Crippen molar-refractivity contribution in [3.8, 4) is 0 Å². The van der Waals surface area contributed by atoms with Gasteiger partial charge in [0.05, 0.1) is 23.2 Å². The van der Waals surface area contributed by atoms with E-state index in [-0.39, 0.29) is 11.9 Å². The van der Waals surface area contributed by atoms with Gasteiger partial charge in [0.15, 0.2) is 0 Å². The van der Waals surface area contributed by atoms with Crippen LogP contribution in [-0.2, 0) is 11.2 Å². The van der Waals surface area contributed by atoms with Crippen LogP contribution in [0.1, 0.15) is 45.9 Å². The van der Waals surface area contributed by atoms with Crippen LogP contribution in [0.3, 0.4) is 0 Å². The molecule has 1 atom stereocenters. The van der Waals surface area contributed by atoms with Crippen LogP contribution in [-0.4, -0.2) is 27.3 Å². The van der Waals surface area contributed by atoms with Gasteiger partial charge < -0.3 is 4.90 Å². The molecule has 1 saturated heterocycles. The minimum Gasteiger partial charge on any atom is -0.333 e. The largest absolute Gasteiger partial charge is 0.333 e. The minimum atomic E-state index is 0.159. The Hall–Kier alpha value is -1.27. The topological polar surface area (TPSA) is 46.1 Å². The summed E-state index contributed by atoms with van der Waals surface area (Å²) in [5, 5.41) is 4.08. The van der Waals surface area contributed by atoms with Crippen LogP contribution in [0.5, 0.6) is 0 Å². The molecule has 0 aliphatic carbocycles. The van der Waals surface area contributed by atoms with E-state index in [0.29, 0.717) is 6.42 Å². The summed E-state index contributed by atoms with van der Waals surface area (Å²) in [6, 6.07) is 0.159. The summed E-state index contributed by atoms with van der Waals surface area (Å²) in [6.45, 7) is 4.87. The number of aryl methyl sites for hydroxylation is 2. The van der Waals surface area contributed by atoms with E-state index < -0.39 is 0 Å². The van der Waals surface area contributed by atoms with Crippen molar-refractivity contribution in [2.45, 2.75) is 45.6 Å². The van der Waals surface area contributed by atoms with E-state index in [4.69, 9.17) is 0 Å². The van der Waals surface area contributed by atoms with Gasteiger partial charge in [-0.2, -0.15) is 0 Å². The molecule has 0 saturated carbocycles. The highest BCUT2D eigenvalue weighted by Gasteiger charge is 2.30. The van der Waals surface area contributed by atoms with Crippen LogP contribution in [0, 0.1) is 13.8 Å². The Morgan fingerprint density at radius 1 is 1.43 bits per heavy atom. The first kappa shape index (κ1) is 14.7. The van der Waals surface area contributed by atoms with Crippen molar-refractivity contribution >= 4 is 28.6 Å². The molecule has 2 aromatic rings. The van der Waals surface area contributed by atoms with Crippen LogP contribution < -0.4 is 0 Å². The summed E-state index contributed by atoms with van der Waals surface area (Å²) < 4.78 is 0. The van der Waals surface area contributed by atoms with Crippen molar-refractivity contribution in [2.75, 3.05) is 6.54 Å². The van der Waals surface area contributed by atoms with E-state index in [1.165, 1.54) is 6.42 Å². The lowest BCUT2D eigenvalue weighted by Crippen LogP contribution is -2.39. The Morgan fingerprint density at radius 3 is 2.95 bits per heavy atom. The van der Waals surface area contributed by atoms with E-state index in [9.17, 15) is 4.79 Å². The average molecular weight is 321 g/mol. The third kappa shape index (κ3) is 3.16. The van der Waals surface area contributed by atoms with Gasteiger partial charge in [-0.05, 0) is 33.1 Å². The number of amides is 1. The molecule has 1 amide bonds. The lowest BCUT2D eigenvalue weighted by atomic mass is 10.0. The number of rotatable bonds is 3. The maximum Gasteiger partial charge on any atom is 0.229 e. The number of hydrogen-bond donors (Lipinski definition) is 0. The number of aromatic nitrogens is 2. The predicted molar refractivity (Wildman–Crippen MR) is 85.7 cm³/mol. The normalized spacial score (nSPS) is 19.0. The first-order chi connectivity index (χ1) is 10.1. The zero-order chi connectivity index (χ0) is 14.8. The van der Waals surface area contributed by atoms with Crippen molar-refractivity contribution in [3.05, 3.63) is 32.2 Å². The Labute approximate surface area is 132 Å².